The Morgan fingerprint density at radius 3 is 2.25 bits per heavy atom. The molecular formula is C18H29NO. The third kappa shape index (κ3) is 3.24. The summed E-state index contributed by atoms with van der Waals surface area (Å²) in [7, 11) is 2.06. The lowest BCUT2D eigenvalue weighted by atomic mass is 9.76. The molecule has 0 amide bonds. The first-order valence-electron chi connectivity index (χ1n) is 8.16. The maximum absolute atomic E-state index is 6.27. The number of rotatable bonds is 6. The van der Waals surface area contributed by atoms with Crippen LogP contribution in [0.15, 0.2) is 24.3 Å². The first kappa shape index (κ1) is 15.5. The molecule has 1 aromatic carbocycles. The number of hydrogen-bond acceptors (Lipinski definition) is 2. The fraction of sp³-hybridized carbons (Fsp3) is 0.667. The first-order chi connectivity index (χ1) is 9.75. The molecule has 0 aromatic heterocycles. The summed E-state index contributed by atoms with van der Waals surface area (Å²) in [5.41, 5.74) is 2.74. The molecule has 2 rings (SSSR count). The summed E-state index contributed by atoms with van der Waals surface area (Å²) in [6.07, 6.45) is 7.35. The highest BCUT2D eigenvalue weighted by atomic mass is 16.5. The van der Waals surface area contributed by atoms with Gasteiger partial charge in [-0.2, -0.15) is 0 Å². The average Bonchev–Trinajstić information content (AvgIpc) is 2.50. The van der Waals surface area contributed by atoms with Gasteiger partial charge in [0.25, 0.3) is 0 Å². The van der Waals surface area contributed by atoms with Crippen LogP contribution in [-0.2, 0) is 11.2 Å². The summed E-state index contributed by atoms with van der Waals surface area (Å²) in [6, 6.07) is 9.35. The quantitative estimate of drug-likeness (QED) is 0.838. The van der Waals surface area contributed by atoms with Crippen LogP contribution in [0.4, 0.5) is 0 Å². The van der Waals surface area contributed by atoms with Crippen LogP contribution < -0.4 is 5.32 Å². The molecule has 1 unspecified atom stereocenters. The van der Waals surface area contributed by atoms with Gasteiger partial charge in [0.1, 0.15) is 0 Å². The van der Waals surface area contributed by atoms with Crippen molar-refractivity contribution in [3.63, 3.8) is 0 Å². The number of ether oxygens (including phenoxy) is 1. The lowest BCUT2D eigenvalue weighted by Gasteiger charge is -2.43. The Bertz CT molecular complexity index is 387. The fourth-order valence-corrected chi connectivity index (χ4v) is 3.63. The monoisotopic (exact) mass is 275 g/mol. The minimum atomic E-state index is -0.0184. The highest BCUT2D eigenvalue weighted by Crippen LogP contribution is 2.41. The van der Waals surface area contributed by atoms with E-state index in [4.69, 9.17) is 4.74 Å². The van der Waals surface area contributed by atoms with Gasteiger partial charge in [-0.15, -0.1) is 0 Å². The SMILES string of the molecule is CCOC1(C(NC)c2ccc(CC)cc2)CCCCC1. The standard InChI is InChI=1S/C18H29NO/c1-4-15-9-11-16(12-10-15)17(19-3)18(20-5-2)13-7-6-8-14-18/h9-12,17,19H,4-8,13-14H2,1-3H3. The third-order valence-corrected chi connectivity index (χ3v) is 4.67. The van der Waals surface area contributed by atoms with E-state index in [2.05, 4.69) is 50.5 Å². The molecule has 0 saturated heterocycles. The first-order valence-corrected chi connectivity index (χ1v) is 8.16. The highest BCUT2D eigenvalue weighted by Gasteiger charge is 2.40. The predicted molar refractivity (Wildman–Crippen MR) is 85.1 cm³/mol. The van der Waals surface area contributed by atoms with Crippen LogP contribution in [0.1, 0.15) is 63.1 Å². The molecule has 1 N–H and O–H groups in total. The van der Waals surface area contributed by atoms with Crippen molar-refractivity contribution < 1.29 is 4.74 Å². The van der Waals surface area contributed by atoms with Crippen molar-refractivity contribution in [1.82, 2.24) is 5.32 Å². The van der Waals surface area contributed by atoms with E-state index in [1.54, 1.807) is 0 Å². The maximum atomic E-state index is 6.27. The van der Waals surface area contributed by atoms with Crippen LogP contribution >= 0.6 is 0 Å². The van der Waals surface area contributed by atoms with Crippen molar-refractivity contribution in [3.8, 4) is 0 Å². The van der Waals surface area contributed by atoms with Crippen LogP contribution in [0, 0.1) is 0 Å². The normalized spacial score (nSPS) is 19.8. The molecule has 1 aliphatic carbocycles. The molecule has 0 radical (unpaired) electrons. The number of hydrogen-bond donors (Lipinski definition) is 1. The number of nitrogens with one attached hydrogen (secondary N) is 1. The lowest BCUT2D eigenvalue weighted by molar-refractivity contribution is -0.0898. The Morgan fingerprint density at radius 1 is 1.10 bits per heavy atom. The molecule has 0 aliphatic heterocycles. The van der Waals surface area contributed by atoms with E-state index in [-0.39, 0.29) is 5.60 Å². The van der Waals surface area contributed by atoms with Gasteiger partial charge >= 0.3 is 0 Å². The molecule has 0 heterocycles. The van der Waals surface area contributed by atoms with E-state index < -0.39 is 0 Å². The van der Waals surface area contributed by atoms with Gasteiger partial charge in [-0.25, -0.2) is 0 Å². The molecule has 112 valence electrons. The van der Waals surface area contributed by atoms with E-state index in [1.165, 1.54) is 43.2 Å². The molecule has 0 spiro atoms. The van der Waals surface area contributed by atoms with Gasteiger partial charge in [0, 0.05) is 6.61 Å². The molecule has 2 heteroatoms. The van der Waals surface area contributed by atoms with Gasteiger partial charge < -0.3 is 10.1 Å². The number of likely N-dealkylation sites (N-methyl/N-ethyl adjacent to an activating group) is 1. The molecule has 1 fully saturated rings. The van der Waals surface area contributed by atoms with Gasteiger partial charge in [-0.3, -0.25) is 0 Å². The lowest BCUT2D eigenvalue weighted by Crippen LogP contribution is -2.46. The topological polar surface area (TPSA) is 21.3 Å². The Kier molecular flexibility index (Phi) is 5.62. The van der Waals surface area contributed by atoms with Gasteiger partial charge in [0.2, 0.25) is 0 Å². The van der Waals surface area contributed by atoms with E-state index in [0.29, 0.717) is 6.04 Å². The third-order valence-electron chi connectivity index (χ3n) is 4.67. The van der Waals surface area contributed by atoms with E-state index in [1.807, 2.05) is 0 Å². The fourth-order valence-electron chi connectivity index (χ4n) is 3.63. The Labute approximate surface area is 123 Å². The van der Waals surface area contributed by atoms with Crippen LogP contribution in [0.3, 0.4) is 0 Å². The van der Waals surface area contributed by atoms with Crippen LogP contribution in [-0.4, -0.2) is 19.3 Å². The van der Waals surface area contributed by atoms with Crippen molar-refractivity contribution in [1.29, 1.82) is 0 Å². The van der Waals surface area contributed by atoms with Crippen molar-refractivity contribution in [2.75, 3.05) is 13.7 Å². The minimum Gasteiger partial charge on any atom is -0.373 e. The highest BCUT2D eigenvalue weighted by molar-refractivity contribution is 5.27. The second-order valence-corrected chi connectivity index (χ2v) is 5.88. The van der Waals surface area contributed by atoms with Crippen LogP contribution in [0.25, 0.3) is 0 Å². The van der Waals surface area contributed by atoms with E-state index in [0.717, 1.165) is 13.0 Å². The van der Waals surface area contributed by atoms with Gasteiger partial charge in [-0.05, 0) is 44.4 Å². The number of benzene rings is 1. The summed E-state index contributed by atoms with van der Waals surface area (Å²) >= 11 is 0. The maximum Gasteiger partial charge on any atom is 0.0876 e. The number of aryl methyl sites for hydroxylation is 1. The van der Waals surface area contributed by atoms with Gasteiger partial charge in [-0.1, -0.05) is 50.5 Å². The van der Waals surface area contributed by atoms with Gasteiger partial charge in [0.05, 0.1) is 11.6 Å². The Hall–Kier alpha value is -0.860. The molecule has 1 aliphatic rings. The van der Waals surface area contributed by atoms with Gasteiger partial charge in [0.15, 0.2) is 0 Å². The molecule has 0 bridgehead atoms. The zero-order valence-electron chi connectivity index (χ0n) is 13.2. The smallest absolute Gasteiger partial charge is 0.0876 e. The van der Waals surface area contributed by atoms with Crippen LogP contribution in [0.5, 0.6) is 0 Å². The molecular weight excluding hydrogens is 246 g/mol. The molecule has 1 aromatic rings. The largest absolute Gasteiger partial charge is 0.373 e. The van der Waals surface area contributed by atoms with Crippen LogP contribution in [0.2, 0.25) is 0 Å². The van der Waals surface area contributed by atoms with E-state index in [9.17, 15) is 0 Å². The van der Waals surface area contributed by atoms with Crippen molar-refractivity contribution >= 4 is 0 Å². The Balaban J connectivity index is 2.26. The van der Waals surface area contributed by atoms with Crippen molar-refractivity contribution in [3.05, 3.63) is 35.4 Å². The van der Waals surface area contributed by atoms with Crippen molar-refractivity contribution in [2.45, 2.75) is 64.0 Å². The molecule has 20 heavy (non-hydrogen) atoms. The summed E-state index contributed by atoms with van der Waals surface area (Å²) < 4.78 is 6.27. The zero-order chi connectivity index (χ0) is 14.4. The molecule has 1 atom stereocenters. The molecule has 2 nitrogen and oxygen atoms in total. The average molecular weight is 275 g/mol. The predicted octanol–water partition coefficient (Wildman–Crippen LogP) is 4.25. The minimum absolute atomic E-state index is 0.0184. The summed E-state index contributed by atoms with van der Waals surface area (Å²) in [4.78, 5) is 0. The Morgan fingerprint density at radius 2 is 1.75 bits per heavy atom. The summed E-state index contributed by atoms with van der Waals surface area (Å²) in [5.74, 6) is 0. The zero-order valence-corrected chi connectivity index (χ0v) is 13.2. The van der Waals surface area contributed by atoms with E-state index >= 15 is 0 Å². The summed E-state index contributed by atoms with van der Waals surface area (Å²) in [5, 5.41) is 3.53. The molecule has 1 saturated carbocycles. The second-order valence-electron chi connectivity index (χ2n) is 5.88. The summed E-state index contributed by atoms with van der Waals surface area (Å²) in [6.45, 7) is 5.11. The van der Waals surface area contributed by atoms with Crippen molar-refractivity contribution in [2.24, 2.45) is 0 Å². The second kappa shape index (κ2) is 7.24.